The summed E-state index contributed by atoms with van der Waals surface area (Å²) in [6, 6.07) is 6.15. The first kappa shape index (κ1) is 19.2. The van der Waals surface area contributed by atoms with Crippen LogP contribution in [0.2, 0.25) is 0 Å². The molecule has 2 aliphatic rings. The van der Waals surface area contributed by atoms with Crippen LogP contribution >= 0.6 is 0 Å². The minimum atomic E-state index is -0.766. The van der Waals surface area contributed by atoms with Crippen LogP contribution < -0.4 is 4.74 Å². The number of benzene rings is 1. The van der Waals surface area contributed by atoms with Gasteiger partial charge in [-0.3, -0.25) is 4.79 Å². The van der Waals surface area contributed by atoms with Crippen molar-refractivity contribution in [1.29, 1.82) is 0 Å². The Kier molecular flexibility index (Phi) is 5.91. The first-order valence-corrected chi connectivity index (χ1v) is 10.0. The highest BCUT2D eigenvalue weighted by molar-refractivity contribution is 5.67. The highest BCUT2D eigenvalue weighted by Gasteiger charge is 2.48. The van der Waals surface area contributed by atoms with E-state index in [1.807, 2.05) is 12.1 Å². The van der Waals surface area contributed by atoms with Crippen LogP contribution in [0.3, 0.4) is 0 Å². The van der Waals surface area contributed by atoms with E-state index in [2.05, 4.69) is 26.8 Å². The van der Waals surface area contributed by atoms with Gasteiger partial charge in [-0.25, -0.2) is 0 Å². The molecule has 26 heavy (non-hydrogen) atoms. The molecule has 1 aromatic carbocycles. The summed E-state index contributed by atoms with van der Waals surface area (Å²) in [5.41, 5.74) is 1.94. The SMILES string of the molecule is CC(C)CCC[C@]1(C)Oc2cc(CCC(=O)O)ccc2[C@@H]2OCCC[C@H]21. The van der Waals surface area contributed by atoms with Crippen molar-refractivity contribution in [3.05, 3.63) is 29.3 Å². The number of fused-ring (bicyclic) bond motifs is 3. The zero-order chi connectivity index (χ0) is 18.7. The van der Waals surface area contributed by atoms with Gasteiger partial charge < -0.3 is 14.6 Å². The molecule has 1 fully saturated rings. The number of carboxylic acid groups (broad SMARTS) is 1. The number of carboxylic acids is 1. The maximum absolute atomic E-state index is 10.9. The van der Waals surface area contributed by atoms with Gasteiger partial charge in [-0.2, -0.15) is 0 Å². The van der Waals surface area contributed by atoms with Crippen molar-refractivity contribution in [2.45, 2.75) is 77.4 Å². The van der Waals surface area contributed by atoms with Gasteiger partial charge in [0.05, 0.1) is 6.10 Å². The number of hydrogen-bond acceptors (Lipinski definition) is 3. The Morgan fingerprint density at radius 3 is 2.92 bits per heavy atom. The predicted octanol–water partition coefficient (Wildman–Crippen LogP) is 5.15. The molecule has 0 spiro atoms. The third-order valence-electron chi connectivity index (χ3n) is 5.92. The number of hydrogen-bond donors (Lipinski definition) is 1. The lowest BCUT2D eigenvalue weighted by atomic mass is 9.72. The van der Waals surface area contributed by atoms with Crippen LogP contribution in [0, 0.1) is 11.8 Å². The molecule has 1 saturated heterocycles. The standard InChI is InChI=1S/C22H32O4/c1-15(2)6-4-12-22(3)18-7-5-13-25-21(18)17-10-8-16(9-11-20(23)24)14-19(17)26-22/h8,10,14-15,18,21H,4-7,9,11-13H2,1-3H3,(H,23,24)/t18-,21+,22+/m1/s1. The number of carbonyl (C=O) groups is 1. The van der Waals surface area contributed by atoms with E-state index >= 15 is 0 Å². The number of ether oxygens (including phenoxy) is 2. The molecule has 3 rings (SSSR count). The molecule has 144 valence electrons. The Labute approximate surface area is 156 Å². The molecule has 0 aliphatic carbocycles. The first-order valence-electron chi connectivity index (χ1n) is 10.0. The van der Waals surface area contributed by atoms with Gasteiger partial charge in [0.25, 0.3) is 0 Å². The van der Waals surface area contributed by atoms with Crippen LogP contribution in [0.15, 0.2) is 18.2 Å². The van der Waals surface area contributed by atoms with E-state index in [0.717, 1.165) is 49.2 Å². The second-order valence-electron chi connectivity index (χ2n) is 8.51. The Morgan fingerprint density at radius 2 is 2.19 bits per heavy atom. The van der Waals surface area contributed by atoms with Crippen LogP contribution in [0.5, 0.6) is 5.75 Å². The number of aryl methyl sites for hydroxylation is 1. The van der Waals surface area contributed by atoms with Gasteiger partial charge >= 0.3 is 5.97 Å². The smallest absolute Gasteiger partial charge is 0.303 e. The lowest BCUT2D eigenvalue weighted by molar-refractivity contribution is -0.137. The van der Waals surface area contributed by atoms with E-state index in [1.54, 1.807) is 0 Å². The summed E-state index contributed by atoms with van der Waals surface area (Å²) in [4.78, 5) is 10.9. The van der Waals surface area contributed by atoms with Crippen LogP contribution in [0.1, 0.15) is 76.5 Å². The van der Waals surface area contributed by atoms with Crippen molar-refractivity contribution in [3.63, 3.8) is 0 Å². The Hall–Kier alpha value is -1.55. The summed E-state index contributed by atoms with van der Waals surface area (Å²) in [6.07, 6.45) is 6.42. The monoisotopic (exact) mass is 360 g/mol. The Balaban J connectivity index is 1.83. The minimum Gasteiger partial charge on any atom is -0.487 e. The van der Waals surface area contributed by atoms with Crippen molar-refractivity contribution in [1.82, 2.24) is 0 Å². The average molecular weight is 360 g/mol. The third-order valence-corrected chi connectivity index (χ3v) is 5.92. The maximum atomic E-state index is 10.9. The van der Waals surface area contributed by atoms with Crippen LogP contribution in [-0.2, 0) is 16.0 Å². The van der Waals surface area contributed by atoms with Gasteiger partial charge in [0, 0.05) is 24.5 Å². The molecule has 0 amide bonds. The minimum absolute atomic E-state index is 0.102. The van der Waals surface area contributed by atoms with Gasteiger partial charge in [-0.15, -0.1) is 0 Å². The third kappa shape index (κ3) is 4.22. The summed E-state index contributed by atoms with van der Waals surface area (Å²) < 4.78 is 12.8. The lowest BCUT2D eigenvalue weighted by Crippen LogP contribution is -2.49. The molecule has 0 aromatic heterocycles. The van der Waals surface area contributed by atoms with Crippen LogP contribution in [0.25, 0.3) is 0 Å². The van der Waals surface area contributed by atoms with Gasteiger partial charge in [0.15, 0.2) is 0 Å². The highest BCUT2D eigenvalue weighted by Crippen LogP contribution is 2.51. The molecule has 1 N–H and O–H groups in total. The molecule has 0 radical (unpaired) electrons. The normalized spacial score (nSPS) is 27.5. The summed E-state index contributed by atoms with van der Waals surface area (Å²) in [5.74, 6) is 1.22. The molecule has 0 unspecified atom stereocenters. The summed E-state index contributed by atoms with van der Waals surface area (Å²) in [5, 5.41) is 8.94. The van der Waals surface area contributed by atoms with Crippen molar-refractivity contribution >= 4 is 5.97 Å². The molecular formula is C22H32O4. The van der Waals surface area contributed by atoms with E-state index in [9.17, 15) is 4.79 Å². The summed E-state index contributed by atoms with van der Waals surface area (Å²) in [6.45, 7) is 7.58. The van der Waals surface area contributed by atoms with Crippen molar-refractivity contribution in [2.24, 2.45) is 11.8 Å². The van der Waals surface area contributed by atoms with Gasteiger partial charge in [-0.05, 0) is 56.6 Å². The number of aliphatic carboxylic acids is 1. The maximum Gasteiger partial charge on any atom is 0.303 e. The first-order chi connectivity index (χ1) is 12.4. The Morgan fingerprint density at radius 1 is 1.38 bits per heavy atom. The molecule has 0 saturated carbocycles. The zero-order valence-corrected chi connectivity index (χ0v) is 16.3. The fraction of sp³-hybridized carbons (Fsp3) is 0.682. The predicted molar refractivity (Wildman–Crippen MR) is 102 cm³/mol. The Bertz CT molecular complexity index is 639. The molecule has 2 heterocycles. The molecular weight excluding hydrogens is 328 g/mol. The van der Waals surface area contributed by atoms with Gasteiger partial charge in [0.1, 0.15) is 11.4 Å². The number of rotatable bonds is 7. The van der Waals surface area contributed by atoms with E-state index in [0.29, 0.717) is 18.3 Å². The van der Waals surface area contributed by atoms with E-state index in [1.165, 1.54) is 6.42 Å². The van der Waals surface area contributed by atoms with E-state index in [4.69, 9.17) is 14.6 Å². The quantitative estimate of drug-likeness (QED) is 0.731. The second kappa shape index (κ2) is 7.99. The fourth-order valence-corrected chi connectivity index (χ4v) is 4.45. The van der Waals surface area contributed by atoms with E-state index < -0.39 is 5.97 Å². The fourth-order valence-electron chi connectivity index (χ4n) is 4.45. The largest absolute Gasteiger partial charge is 0.487 e. The van der Waals surface area contributed by atoms with E-state index in [-0.39, 0.29) is 18.1 Å². The summed E-state index contributed by atoms with van der Waals surface area (Å²) >= 11 is 0. The van der Waals surface area contributed by atoms with Crippen LogP contribution in [-0.4, -0.2) is 23.3 Å². The van der Waals surface area contributed by atoms with Gasteiger partial charge in [0.2, 0.25) is 0 Å². The highest BCUT2D eigenvalue weighted by atomic mass is 16.5. The molecule has 4 heteroatoms. The molecule has 3 atom stereocenters. The average Bonchev–Trinajstić information content (AvgIpc) is 2.59. The van der Waals surface area contributed by atoms with Gasteiger partial charge in [-0.1, -0.05) is 32.4 Å². The molecule has 4 nitrogen and oxygen atoms in total. The van der Waals surface area contributed by atoms with Crippen molar-refractivity contribution in [3.8, 4) is 5.75 Å². The molecule has 0 bridgehead atoms. The molecule has 2 aliphatic heterocycles. The van der Waals surface area contributed by atoms with Crippen molar-refractivity contribution in [2.75, 3.05) is 6.61 Å². The topological polar surface area (TPSA) is 55.8 Å². The summed E-state index contributed by atoms with van der Waals surface area (Å²) in [7, 11) is 0. The second-order valence-corrected chi connectivity index (χ2v) is 8.51. The van der Waals surface area contributed by atoms with Crippen molar-refractivity contribution < 1.29 is 19.4 Å². The van der Waals surface area contributed by atoms with Crippen LogP contribution in [0.4, 0.5) is 0 Å². The molecule has 1 aromatic rings. The zero-order valence-electron chi connectivity index (χ0n) is 16.3. The lowest BCUT2D eigenvalue weighted by Gasteiger charge is -2.49.